The van der Waals surface area contributed by atoms with E-state index in [0.29, 0.717) is 25.8 Å². The number of imidazole rings is 1. The largest absolute Gasteiger partial charge is 0.342 e. The van der Waals surface area contributed by atoms with Crippen LogP contribution in [0.5, 0.6) is 0 Å². The van der Waals surface area contributed by atoms with Gasteiger partial charge in [0.1, 0.15) is 11.9 Å². The lowest BCUT2D eigenvalue weighted by atomic mass is 10.0. The predicted molar refractivity (Wildman–Crippen MR) is 110 cm³/mol. The van der Waals surface area contributed by atoms with Gasteiger partial charge < -0.3 is 9.88 Å². The Hall–Kier alpha value is -3.40. The first-order chi connectivity index (χ1) is 14.0. The standard InChI is InChI=1S/C22H26N6O/c1-16-19(17(2)28(26-16)14-7-12-23)10-11-20(29)25-21(18-8-5-4-6-9-18)22-24-13-15-27(22)3/h4-6,8-9,13,15,21H,7,10-11,14H2,1-3H3,(H,25,29). The Kier molecular flexibility index (Phi) is 6.45. The first kappa shape index (κ1) is 20.3. The van der Waals surface area contributed by atoms with E-state index in [2.05, 4.69) is 21.5 Å². The molecule has 7 nitrogen and oxygen atoms in total. The highest BCUT2D eigenvalue weighted by Crippen LogP contribution is 2.21. The van der Waals surface area contributed by atoms with Crippen LogP contribution in [-0.4, -0.2) is 25.2 Å². The zero-order valence-corrected chi connectivity index (χ0v) is 17.1. The van der Waals surface area contributed by atoms with Gasteiger partial charge in [-0.25, -0.2) is 4.98 Å². The van der Waals surface area contributed by atoms with Crippen molar-refractivity contribution in [2.75, 3.05) is 0 Å². The number of nitrogens with zero attached hydrogens (tertiary/aromatic N) is 5. The molecule has 1 amide bonds. The molecule has 3 rings (SSSR count). The van der Waals surface area contributed by atoms with Crippen LogP contribution in [0.4, 0.5) is 0 Å². The maximum atomic E-state index is 12.8. The van der Waals surface area contributed by atoms with Crippen LogP contribution in [0.3, 0.4) is 0 Å². The van der Waals surface area contributed by atoms with Crippen molar-refractivity contribution in [1.82, 2.24) is 24.6 Å². The van der Waals surface area contributed by atoms with Crippen LogP contribution in [-0.2, 0) is 24.8 Å². The van der Waals surface area contributed by atoms with Crippen LogP contribution in [0.2, 0.25) is 0 Å². The summed E-state index contributed by atoms with van der Waals surface area (Å²) < 4.78 is 3.78. The molecule has 0 aliphatic heterocycles. The van der Waals surface area contributed by atoms with Crippen molar-refractivity contribution in [2.45, 2.75) is 45.7 Å². The van der Waals surface area contributed by atoms with Crippen molar-refractivity contribution in [3.05, 3.63) is 71.1 Å². The minimum Gasteiger partial charge on any atom is -0.342 e. The number of nitriles is 1. The smallest absolute Gasteiger partial charge is 0.221 e. The summed E-state index contributed by atoms with van der Waals surface area (Å²) in [6.07, 6.45) is 5.00. The zero-order valence-electron chi connectivity index (χ0n) is 17.1. The van der Waals surface area contributed by atoms with Gasteiger partial charge in [-0.15, -0.1) is 0 Å². The molecule has 1 atom stereocenters. The lowest BCUT2D eigenvalue weighted by Crippen LogP contribution is -2.31. The van der Waals surface area contributed by atoms with Crippen molar-refractivity contribution in [3.8, 4) is 6.07 Å². The molecule has 29 heavy (non-hydrogen) atoms. The summed E-state index contributed by atoms with van der Waals surface area (Å²) in [5.74, 6) is 0.756. The number of hydrogen-bond donors (Lipinski definition) is 1. The normalized spacial score (nSPS) is 11.8. The number of nitrogens with one attached hydrogen (secondary N) is 1. The summed E-state index contributed by atoms with van der Waals surface area (Å²) in [6.45, 7) is 4.51. The highest BCUT2D eigenvalue weighted by Gasteiger charge is 2.21. The molecule has 0 saturated heterocycles. The summed E-state index contributed by atoms with van der Waals surface area (Å²) in [5, 5.41) is 16.4. The molecular weight excluding hydrogens is 364 g/mol. The summed E-state index contributed by atoms with van der Waals surface area (Å²) >= 11 is 0. The number of carbonyl (C=O) groups excluding carboxylic acids is 1. The maximum Gasteiger partial charge on any atom is 0.221 e. The van der Waals surface area contributed by atoms with Crippen LogP contribution in [0, 0.1) is 25.2 Å². The predicted octanol–water partition coefficient (Wildman–Crippen LogP) is 2.99. The third-order valence-corrected chi connectivity index (χ3v) is 5.12. The topological polar surface area (TPSA) is 88.5 Å². The van der Waals surface area contributed by atoms with Gasteiger partial charge in [-0.05, 0) is 31.4 Å². The lowest BCUT2D eigenvalue weighted by molar-refractivity contribution is -0.121. The fourth-order valence-electron chi connectivity index (χ4n) is 3.54. The van der Waals surface area contributed by atoms with E-state index in [4.69, 9.17) is 5.26 Å². The number of rotatable bonds is 8. The Morgan fingerprint density at radius 3 is 2.69 bits per heavy atom. The van der Waals surface area contributed by atoms with Gasteiger partial charge in [-0.2, -0.15) is 10.4 Å². The van der Waals surface area contributed by atoms with Gasteiger partial charge in [0.25, 0.3) is 0 Å². The fraction of sp³-hybridized carbons (Fsp3) is 0.364. The Morgan fingerprint density at radius 1 is 1.28 bits per heavy atom. The van der Waals surface area contributed by atoms with Crippen molar-refractivity contribution >= 4 is 5.91 Å². The van der Waals surface area contributed by atoms with Gasteiger partial charge in [-0.3, -0.25) is 9.48 Å². The van der Waals surface area contributed by atoms with Crippen LogP contribution < -0.4 is 5.32 Å². The van der Waals surface area contributed by atoms with Crippen molar-refractivity contribution in [3.63, 3.8) is 0 Å². The summed E-state index contributed by atoms with van der Waals surface area (Å²) in [7, 11) is 1.92. The number of amides is 1. The molecule has 0 saturated carbocycles. The van der Waals surface area contributed by atoms with Crippen LogP contribution >= 0.6 is 0 Å². The second-order valence-electron chi connectivity index (χ2n) is 7.09. The van der Waals surface area contributed by atoms with E-state index >= 15 is 0 Å². The fourth-order valence-corrected chi connectivity index (χ4v) is 3.54. The second-order valence-corrected chi connectivity index (χ2v) is 7.09. The first-order valence-corrected chi connectivity index (χ1v) is 9.72. The van der Waals surface area contributed by atoms with Crippen molar-refractivity contribution in [1.29, 1.82) is 5.26 Å². The average Bonchev–Trinajstić information content (AvgIpc) is 3.26. The highest BCUT2D eigenvalue weighted by molar-refractivity contribution is 5.77. The van der Waals surface area contributed by atoms with Gasteiger partial charge in [0.15, 0.2) is 0 Å². The molecule has 0 aliphatic rings. The van der Waals surface area contributed by atoms with Crippen LogP contribution in [0.1, 0.15) is 47.2 Å². The Bertz CT molecular complexity index is 1010. The molecular formula is C22H26N6O. The highest BCUT2D eigenvalue weighted by atomic mass is 16.1. The molecule has 3 aromatic rings. The van der Waals surface area contributed by atoms with E-state index in [0.717, 1.165) is 28.3 Å². The second kappa shape index (κ2) is 9.20. The van der Waals surface area contributed by atoms with Gasteiger partial charge in [0.2, 0.25) is 5.91 Å². The molecule has 0 fully saturated rings. The summed E-state index contributed by atoms with van der Waals surface area (Å²) in [4.78, 5) is 17.2. The van der Waals surface area contributed by atoms with E-state index in [1.165, 1.54) is 0 Å². The number of aromatic nitrogens is 4. The molecule has 2 aromatic heterocycles. The number of aryl methyl sites for hydroxylation is 3. The molecule has 0 radical (unpaired) electrons. The van der Waals surface area contributed by atoms with Crippen molar-refractivity contribution < 1.29 is 4.79 Å². The molecule has 150 valence electrons. The molecule has 0 aliphatic carbocycles. The summed E-state index contributed by atoms with van der Waals surface area (Å²) in [5.41, 5.74) is 4.00. The van der Waals surface area contributed by atoms with Gasteiger partial charge in [0.05, 0.1) is 24.7 Å². The SMILES string of the molecule is Cc1nn(CCC#N)c(C)c1CCC(=O)NC(c1ccccc1)c1nccn1C. The minimum absolute atomic E-state index is 0.0366. The van der Waals surface area contributed by atoms with E-state index in [1.807, 2.05) is 66.7 Å². The number of benzene rings is 1. The molecule has 2 heterocycles. The van der Waals surface area contributed by atoms with E-state index in [-0.39, 0.29) is 11.9 Å². The molecule has 0 bridgehead atoms. The quantitative estimate of drug-likeness (QED) is 0.640. The zero-order chi connectivity index (χ0) is 20.8. The molecule has 1 unspecified atom stereocenters. The number of carbonyl (C=O) groups is 1. The van der Waals surface area contributed by atoms with Gasteiger partial charge >= 0.3 is 0 Å². The molecule has 1 aromatic carbocycles. The molecule has 1 N–H and O–H groups in total. The van der Waals surface area contributed by atoms with Gasteiger partial charge in [-0.1, -0.05) is 30.3 Å². The Balaban J connectivity index is 1.71. The minimum atomic E-state index is -0.302. The third kappa shape index (κ3) is 4.72. The third-order valence-electron chi connectivity index (χ3n) is 5.12. The van der Waals surface area contributed by atoms with Crippen molar-refractivity contribution in [2.24, 2.45) is 7.05 Å². The average molecular weight is 390 g/mol. The van der Waals surface area contributed by atoms with Gasteiger partial charge in [0, 0.05) is 31.6 Å². The molecule has 7 heteroatoms. The van der Waals surface area contributed by atoms with E-state index in [1.54, 1.807) is 6.20 Å². The van der Waals surface area contributed by atoms with E-state index in [9.17, 15) is 4.79 Å². The summed E-state index contributed by atoms with van der Waals surface area (Å²) in [6, 6.07) is 11.7. The van der Waals surface area contributed by atoms with E-state index < -0.39 is 0 Å². The van der Waals surface area contributed by atoms with Crippen LogP contribution in [0.25, 0.3) is 0 Å². The van der Waals surface area contributed by atoms with Crippen LogP contribution in [0.15, 0.2) is 42.7 Å². The monoisotopic (exact) mass is 390 g/mol. The molecule has 0 spiro atoms. The lowest BCUT2D eigenvalue weighted by Gasteiger charge is -2.19. The Morgan fingerprint density at radius 2 is 2.03 bits per heavy atom. The maximum absolute atomic E-state index is 12.8. The Labute approximate surface area is 171 Å². The number of hydrogen-bond acceptors (Lipinski definition) is 4. The first-order valence-electron chi connectivity index (χ1n) is 9.72.